The third kappa shape index (κ3) is 4.29. The Hall–Kier alpha value is -4.15. The number of para-hydroxylation sites is 1. The molecular formula is C22H17F3N6O2. The number of fused-ring (bicyclic) bond motifs is 1. The van der Waals surface area contributed by atoms with E-state index in [0.29, 0.717) is 5.65 Å². The van der Waals surface area contributed by atoms with E-state index in [1.807, 2.05) is 6.07 Å². The Morgan fingerprint density at radius 1 is 1.03 bits per heavy atom. The molecule has 4 heterocycles. The van der Waals surface area contributed by atoms with Crippen molar-refractivity contribution >= 4 is 23.2 Å². The van der Waals surface area contributed by atoms with Crippen molar-refractivity contribution in [3.05, 3.63) is 66.5 Å². The third-order valence-corrected chi connectivity index (χ3v) is 5.14. The van der Waals surface area contributed by atoms with Crippen LogP contribution in [-0.4, -0.2) is 44.9 Å². The molecule has 1 aromatic carbocycles. The summed E-state index contributed by atoms with van der Waals surface area (Å²) >= 11 is 0. The number of benzene rings is 1. The van der Waals surface area contributed by atoms with Crippen molar-refractivity contribution in [2.75, 3.05) is 23.3 Å². The molecule has 1 N–H and O–H groups in total. The van der Waals surface area contributed by atoms with Crippen LogP contribution in [0.3, 0.4) is 0 Å². The van der Waals surface area contributed by atoms with Crippen LogP contribution in [0.5, 0.6) is 5.75 Å². The number of nitrogens with zero attached hydrogens (tertiary/aromatic N) is 5. The van der Waals surface area contributed by atoms with Gasteiger partial charge in [0, 0.05) is 18.7 Å². The van der Waals surface area contributed by atoms with Gasteiger partial charge in [-0.15, -0.1) is 13.2 Å². The molecule has 168 valence electrons. The topological polar surface area (TPSA) is 84.6 Å². The summed E-state index contributed by atoms with van der Waals surface area (Å²) in [4.78, 5) is 23.5. The third-order valence-electron chi connectivity index (χ3n) is 5.14. The van der Waals surface area contributed by atoms with Gasteiger partial charge >= 0.3 is 6.36 Å². The van der Waals surface area contributed by atoms with E-state index in [1.54, 1.807) is 24.3 Å². The fraction of sp³-hybridized carbons (Fsp3) is 0.182. The number of halogens is 3. The maximum Gasteiger partial charge on any atom is 0.573 e. The van der Waals surface area contributed by atoms with E-state index in [4.69, 9.17) is 0 Å². The van der Waals surface area contributed by atoms with Gasteiger partial charge < -0.3 is 15.0 Å². The number of imidazole rings is 1. The van der Waals surface area contributed by atoms with Gasteiger partial charge in [-0.1, -0.05) is 18.2 Å². The molecule has 5 rings (SSSR count). The van der Waals surface area contributed by atoms with Crippen molar-refractivity contribution < 1.29 is 22.7 Å². The molecule has 1 aliphatic heterocycles. The number of anilines is 2. The first-order valence-corrected chi connectivity index (χ1v) is 10.1. The number of nitrogens with one attached hydrogen (secondary N) is 1. The molecule has 0 radical (unpaired) electrons. The Balaban J connectivity index is 1.45. The van der Waals surface area contributed by atoms with Gasteiger partial charge in [-0.25, -0.2) is 9.97 Å². The summed E-state index contributed by atoms with van der Waals surface area (Å²) in [7, 11) is 0. The van der Waals surface area contributed by atoms with Crippen LogP contribution in [0.25, 0.3) is 16.9 Å². The summed E-state index contributed by atoms with van der Waals surface area (Å²) in [5.41, 5.74) is 1.00. The molecule has 3 aromatic heterocycles. The number of amides is 1. The van der Waals surface area contributed by atoms with Gasteiger partial charge in [-0.05, 0) is 42.8 Å². The van der Waals surface area contributed by atoms with Gasteiger partial charge in [0.25, 0.3) is 5.91 Å². The van der Waals surface area contributed by atoms with Crippen LogP contribution in [0.1, 0.15) is 16.9 Å². The number of hydrogen-bond donors (Lipinski definition) is 1. The minimum Gasteiger partial charge on any atom is -0.405 e. The molecule has 0 bridgehead atoms. The SMILES string of the molecule is O=C(Nc1cnc2ccc(-c3ccccc3OC(F)(F)F)nn12)c1cccc(N2CCC2)n1. The van der Waals surface area contributed by atoms with Crippen LogP contribution < -0.4 is 15.0 Å². The zero-order valence-electron chi connectivity index (χ0n) is 17.1. The van der Waals surface area contributed by atoms with Crippen LogP contribution in [0, 0.1) is 0 Å². The molecule has 8 nitrogen and oxygen atoms in total. The number of alkyl halides is 3. The van der Waals surface area contributed by atoms with Crippen LogP contribution in [0.2, 0.25) is 0 Å². The van der Waals surface area contributed by atoms with Crippen molar-refractivity contribution in [2.24, 2.45) is 0 Å². The van der Waals surface area contributed by atoms with E-state index in [9.17, 15) is 18.0 Å². The molecule has 1 fully saturated rings. The normalized spacial score (nSPS) is 13.6. The van der Waals surface area contributed by atoms with Crippen molar-refractivity contribution in [3.8, 4) is 17.0 Å². The highest BCUT2D eigenvalue weighted by atomic mass is 19.4. The highest BCUT2D eigenvalue weighted by Gasteiger charge is 2.32. The molecule has 0 aliphatic carbocycles. The summed E-state index contributed by atoms with van der Waals surface area (Å²) in [5.74, 6) is 0.151. The molecule has 0 spiro atoms. The van der Waals surface area contributed by atoms with Gasteiger partial charge in [0.1, 0.15) is 17.3 Å². The fourth-order valence-electron chi connectivity index (χ4n) is 3.45. The summed E-state index contributed by atoms with van der Waals surface area (Å²) in [5, 5.41) is 7.10. The second-order valence-corrected chi connectivity index (χ2v) is 7.35. The zero-order valence-corrected chi connectivity index (χ0v) is 17.1. The number of carbonyl (C=O) groups is 1. The lowest BCUT2D eigenvalue weighted by Crippen LogP contribution is -2.37. The highest BCUT2D eigenvalue weighted by Crippen LogP contribution is 2.33. The smallest absolute Gasteiger partial charge is 0.405 e. The highest BCUT2D eigenvalue weighted by molar-refractivity contribution is 6.02. The summed E-state index contributed by atoms with van der Waals surface area (Å²) < 4.78 is 43.9. The molecule has 33 heavy (non-hydrogen) atoms. The Morgan fingerprint density at radius 3 is 2.61 bits per heavy atom. The van der Waals surface area contributed by atoms with Crippen LogP contribution in [0.4, 0.5) is 24.8 Å². The van der Waals surface area contributed by atoms with Crippen LogP contribution in [0.15, 0.2) is 60.8 Å². The Bertz CT molecular complexity index is 1330. The summed E-state index contributed by atoms with van der Waals surface area (Å²) in [6.45, 7) is 1.80. The molecule has 1 saturated heterocycles. The first-order chi connectivity index (χ1) is 15.9. The average molecular weight is 454 g/mol. The molecule has 0 saturated carbocycles. The second-order valence-electron chi connectivity index (χ2n) is 7.35. The molecule has 0 unspecified atom stereocenters. The monoisotopic (exact) mass is 454 g/mol. The van der Waals surface area contributed by atoms with Gasteiger partial charge in [0.15, 0.2) is 11.5 Å². The number of hydrogen-bond acceptors (Lipinski definition) is 6. The molecular weight excluding hydrogens is 437 g/mol. The van der Waals surface area contributed by atoms with Gasteiger partial charge in [0.05, 0.1) is 11.9 Å². The quantitative estimate of drug-likeness (QED) is 0.488. The summed E-state index contributed by atoms with van der Waals surface area (Å²) in [6.07, 6.45) is -2.33. The predicted octanol–water partition coefficient (Wildman–Crippen LogP) is 4.15. The van der Waals surface area contributed by atoms with E-state index in [2.05, 4.69) is 30.0 Å². The minimum atomic E-state index is -4.84. The van der Waals surface area contributed by atoms with Crippen molar-refractivity contribution in [2.45, 2.75) is 12.8 Å². The molecule has 1 amide bonds. The first-order valence-electron chi connectivity index (χ1n) is 10.1. The van der Waals surface area contributed by atoms with Crippen molar-refractivity contribution in [1.82, 2.24) is 19.6 Å². The van der Waals surface area contributed by atoms with Crippen LogP contribution >= 0.6 is 0 Å². The lowest BCUT2D eigenvalue weighted by atomic mass is 10.1. The largest absolute Gasteiger partial charge is 0.573 e. The van der Waals surface area contributed by atoms with E-state index in [0.717, 1.165) is 25.3 Å². The van der Waals surface area contributed by atoms with Crippen molar-refractivity contribution in [3.63, 3.8) is 0 Å². The fourth-order valence-corrected chi connectivity index (χ4v) is 3.45. The Kier molecular flexibility index (Phi) is 5.08. The predicted molar refractivity (Wildman–Crippen MR) is 114 cm³/mol. The average Bonchev–Trinajstić information content (AvgIpc) is 3.14. The molecule has 1 aliphatic rings. The van der Waals surface area contributed by atoms with E-state index in [1.165, 1.54) is 35.0 Å². The van der Waals surface area contributed by atoms with Gasteiger partial charge in [-0.2, -0.15) is 9.61 Å². The van der Waals surface area contributed by atoms with E-state index < -0.39 is 12.3 Å². The van der Waals surface area contributed by atoms with Crippen LogP contribution in [-0.2, 0) is 0 Å². The molecule has 4 aromatic rings. The number of ether oxygens (including phenoxy) is 1. The molecule has 0 atom stereocenters. The zero-order chi connectivity index (χ0) is 23.0. The number of rotatable bonds is 5. The van der Waals surface area contributed by atoms with Gasteiger partial charge in [-0.3, -0.25) is 4.79 Å². The maximum atomic E-state index is 12.8. The second kappa shape index (κ2) is 8.08. The van der Waals surface area contributed by atoms with E-state index >= 15 is 0 Å². The number of aromatic nitrogens is 4. The minimum absolute atomic E-state index is 0.145. The van der Waals surface area contributed by atoms with Crippen molar-refractivity contribution in [1.29, 1.82) is 0 Å². The Labute approximate surface area is 185 Å². The standard InChI is InChI=1S/C22H17F3N6O2/c23-22(24,25)33-17-7-2-1-5-14(17)15-9-10-18-26-13-20(31(18)29-15)28-21(32)16-6-3-8-19(27-16)30-11-4-12-30/h1-3,5-10,13H,4,11-12H2,(H,28,32). The number of carbonyl (C=O) groups excluding carboxylic acids is 1. The lowest BCUT2D eigenvalue weighted by Gasteiger charge is -2.32. The van der Waals surface area contributed by atoms with Gasteiger partial charge in [0.2, 0.25) is 0 Å². The lowest BCUT2D eigenvalue weighted by molar-refractivity contribution is -0.274. The maximum absolute atomic E-state index is 12.8. The molecule has 11 heteroatoms. The first kappa shape index (κ1) is 20.7. The Morgan fingerprint density at radius 2 is 1.85 bits per heavy atom. The summed E-state index contributed by atoms with van der Waals surface area (Å²) in [6, 6.07) is 14.0. The van der Waals surface area contributed by atoms with E-state index in [-0.39, 0.29) is 28.5 Å². The number of pyridine rings is 1.